The highest BCUT2D eigenvalue weighted by atomic mass is 35.5. The molecule has 0 bridgehead atoms. The summed E-state index contributed by atoms with van der Waals surface area (Å²) in [4.78, 5) is 13.4. The Morgan fingerprint density at radius 2 is 2.05 bits per heavy atom. The zero-order chi connectivity index (χ0) is 14.5. The molecular weight excluding hydrogens is 294 g/mol. The first-order chi connectivity index (χ1) is 9.60. The standard InChI is InChI=1S/C15H16ClNO2S/c1-10-4-3-5-13(16)15(10)17-9-12-7-6-11(20-12)8-14(18)19-2/h3-7,17H,8-9H2,1-2H3. The molecule has 1 aromatic heterocycles. The van der Waals surface area contributed by atoms with Crippen molar-refractivity contribution in [2.24, 2.45) is 0 Å². The van der Waals surface area contributed by atoms with Gasteiger partial charge in [0.2, 0.25) is 0 Å². The zero-order valence-electron chi connectivity index (χ0n) is 11.4. The van der Waals surface area contributed by atoms with Crippen LogP contribution in [0.5, 0.6) is 0 Å². The summed E-state index contributed by atoms with van der Waals surface area (Å²) >= 11 is 7.77. The number of carbonyl (C=O) groups is 1. The first kappa shape index (κ1) is 14.9. The van der Waals surface area contributed by atoms with Crippen molar-refractivity contribution >= 4 is 34.6 Å². The molecule has 0 saturated carbocycles. The van der Waals surface area contributed by atoms with Gasteiger partial charge in [-0.1, -0.05) is 23.7 Å². The van der Waals surface area contributed by atoms with Crippen LogP contribution >= 0.6 is 22.9 Å². The van der Waals surface area contributed by atoms with Crippen LogP contribution in [0.2, 0.25) is 5.02 Å². The highest BCUT2D eigenvalue weighted by molar-refractivity contribution is 7.12. The van der Waals surface area contributed by atoms with Crippen LogP contribution in [0.3, 0.4) is 0 Å². The fourth-order valence-corrected chi connectivity index (χ4v) is 3.09. The Balaban J connectivity index is 1.99. The van der Waals surface area contributed by atoms with Crippen LogP contribution in [-0.2, 0) is 22.5 Å². The maximum atomic E-state index is 11.2. The molecular formula is C15H16ClNO2S. The van der Waals surface area contributed by atoms with E-state index in [0.717, 1.165) is 26.0 Å². The van der Waals surface area contributed by atoms with Crippen molar-refractivity contribution in [3.63, 3.8) is 0 Å². The third-order valence-electron chi connectivity index (χ3n) is 2.92. The largest absolute Gasteiger partial charge is 0.469 e. The maximum Gasteiger partial charge on any atom is 0.310 e. The minimum absolute atomic E-state index is 0.215. The molecule has 0 aliphatic carbocycles. The number of anilines is 1. The van der Waals surface area contributed by atoms with Crippen molar-refractivity contribution in [1.82, 2.24) is 0 Å². The van der Waals surface area contributed by atoms with Gasteiger partial charge in [-0.25, -0.2) is 0 Å². The van der Waals surface area contributed by atoms with Crippen LogP contribution in [-0.4, -0.2) is 13.1 Å². The molecule has 20 heavy (non-hydrogen) atoms. The van der Waals surface area contributed by atoms with Crippen LogP contribution in [0, 0.1) is 6.92 Å². The van der Waals surface area contributed by atoms with Gasteiger partial charge in [-0.15, -0.1) is 11.3 Å². The van der Waals surface area contributed by atoms with Gasteiger partial charge in [0.1, 0.15) is 0 Å². The number of para-hydroxylation sites is 1. The molecule has 0 spiro atoms. The molecule has 0 amide bonds. The predicted molar refractivity (Wildman–Crippen MR) is 83.6 cm³/mol. The summed E-state index contributed by atoms with van der Waals surface area (Å²) in [6, 6.07) is 9.79. The zero-order valence-corrected chi connectivity index (χ0v) is 13.0. The normalized spacial score (nSPS) is 10.3. The van der Waals surface area contributed by atoms with Gasteiger partial charge in [0.05, 0.1) is 24.2 Å². The Morgan fingerprint density at radius 1 is 1.30 bits per heavy atom. The smallest absolute Gasteiger partial charge is 0.310 e. The van der Waals surface area contributed by atoms with E-state index < -0.39 is 0 Å². The lowest BCUT2D eigenvalue weighted by molar-refractivity contribution is -0.139. The SMILES string of the molecule is COC(=O)Cc1ccc(CNc2c(C)cccc2Cl)s1. The third-order valence-corrected chi connectivity index (χ3v) is 4.33. The average molecular weight is 310 g/mol. The molecule has 2 rings (SSSR count). The molecule has 3 nitrogen and oxygen atoms in total. The fraction of sp³-hybridized carbons (Fsp3) is 0.267. The molecule has 2 aromatic rings. The first-order valence-electron chi connectivity index (χ1n) is 6.23. The number of esters is 1. The van der Waals surface area contributed by atoms with Crippen molar-refractivity contribution in [2.75, 3.05) is 12.4 Å². The Kier molecular flexibility index (Phi) is 5.04. The number of hydrogen-bond donors (Lipinski definition) is 1. The topological polar surface area (TPSA) is 38.3 Å². The summed E-state index contributed by atoms with van der Waals surface area (Å²) in [6.07, 6.45) is 0.326. The van der Waals surface area contributed by atoms with E-state index in [1.54, 1.807) is 11.3 Å². The van der Waals surface area contributed by atoms with Crippen molar-refractivity contribution in [3.05, 3.63) is 50.7 Å². The molecule has 0 unspecified atom stereocenters. The van der Waals surface area contributed by atoms with E-state index in [1.807, 2.05) is 37.3 Å². The van der Waals surface area contributed by atoms with Crippen molar-refractivity contribution < 1.29 is 9.53 Å². The summed E-state index contributed by atoms with van der Waals surface area (Å²) in [7, 11) is 1.40. The van der Waals surface area contributed by atoms with E-state index in [9.17, 15) is 4.79 Å². The first-order valence-corrected chi connectivity index (χ1v) is 7.43. The quantitative estimate of drug-likeness (QED) is 0.847. The number of methoxy groups -OCH3 is 1. The second kappa shape index (κ2) is 6.77. The van der Waals surface area contributed by atoms with Gasteiger partial charge in [0.15, 0.2) is 0 Å². The van der Waals surface area contributed by atoms with E-state index in [2.05, 4.69) is 10.1 Å². The Morgan fingerprint density at radius 3 is 2.75 bits per heavy atom. The number of aryl methyl sites for hydroxylation is 1. The Bertz CT molecular complexity index is 589. The summed E-state index contributed by atoms with van der Waals surface area (Å²) in [5, 5.41) is 4.06. The van der Waals surface area contributed by atoms with Crippen molar-refractivity contribution in [2.45, 2.75) is 19.9 Å². The highest BCUT2D eigenvalue weighted by Gasteiger charge is 2.07. The van der Waals surface area contributed by atoms with Crippen LogP contribution in [0.1, 0.15) is 15.3 Å². The molecule has 1 N–H and O–H groups in total. The number of hydrogen-bond acceptors (Lipinski definition) is 4. The van der Waals surface area contributed by atoms with Crippen LogP contribution in [0.4, 0.5) is 5.69 Å². The van der Waals surface area contributed by atoms with Crippen molar-refractivity contribution in [1.29, 1.82) is 0 Å². The average Bonchev–Trinajstić information content (AvgIpc) is 2.85. The van der Waals surface area contributed by atoms with E-state index in [4.69, 9.17) is 11.6 Å². The molecule has 5 heteroatoms. The van der Waals surface area contributed by atoms with Gasteiger partial charge in [0.25, 0.3) is 0 Å². The van der Waals surface area contributed by atoms with Crippen LogP contribution in [0.25, 0.3) is 0 Å². The van der Waals surface area contributed by atoms with E-state index >= 15 is 0 Å². The lowest BCUT2D eigenvalue weighted by Gasteiger charge is -2.10. The number of carbonyl (C=O) groups excluding carboxylic acids is 1. The maximum absolute atomic E-state index is 11.2. The number of benzene rings is 1. The molecule has 1 heterocycles. The summed E-state index contributed by atoms with van der Waals surface area (Å²) < 4.78 is 4.66. The van der Waals surface area contributed by atoms with Gasteiger partial charge < -0.3 is 10.1 Å². The molecule has 0 aliphatic heterocycles. The third kappa shape index (κ3) is 3.74. The number of ether oxygens (including phenoxy) is 1. The van der Waals surface area contributed by atoms with Gasteiger partial charge in [-0.3, -0.25) is 4.79 Å². The van der Waals surface area contributed by atoms with Gasteiger partial charge in [-0.05, 0) is 30.7 Å². The summed E-state index contributed by atoms with van der Waals surface area (Å²) in [5.74, 6) is -0.215. The molecule has 0 saturated heterocycles. The van der Waals surface area contributed by atoms with Crippen molar-refractivity contribution in [3.8, 4) is 0 Å². The number of rotatable bonds is 5. The second-order valence-corrected chi connectivity index (χ2v) is 6.07. The molecule has 0 aliphatic rings. The summed E-state index contributed by atoms with van der Waals surface area (Å²) in [5.41, 5.74) is 2.07. The lowest BCUT2D eigenvalue weighted by atomic mass is 10.2. The van der Waals surface area contributed by atoms with E-state index in [1.165, 1.54) is 7.11 Å². The van der Waals surface area contributed by atoms with Crippen LogP contribution in [0.15, 0.2) is 30.3 Å². The van der Waals surface area contributed by atoms with Gasteiger partial charge in [-0.2, -0.15) is 0 Å². The molecule has 0 fully saturated rings. The lowest BCUT2D eigenvalue weighted by Crippen LogP contribution is -2.02. The Labute approximate surface area is 127 Å². The van der Waals surface area contributed by atoms with Gasteiger partial charge >= 0.3 is 5.97 Å². The van der Waals surface area contributed by atoms with Crippen LogP contribution < -0.4 is 5.32 Å². The molecule has 0 radical (unpaired) electrons. The Hall–Kier alpha value is -1.52. The predicted octanol–water partition coefficient (Wildman–Crippen LogP) is 4.04. The molecule has 1 aromatic carbocycles. The minimum atomic E-state index is -0.215. The molecule has 0 atom stereocenters. The second-order valence-electron chi connectivity index (χ2n) is 4.41. The van der Waals surface area contributed by atoms with E-state index in [0.29, 0.717) is 13.0 Å². The highest BCUT2D eigenvalue weighted by Crippen LogP contribution is 2.26. The minimum Gasteiger partial charge on any atom is -0.469 e. The molecule has 106 valence electrons. The van der Waals surface area contributed by atoms with Gasteiger partial charge in [0, 0.05) is 16.3 Å². The number of thiophene rings is 1. The van der Waals surface area contributed by atoms with E-state index in [-0.39, 0.29) is 5.97 Å². The number of nitrogens with one attached hydrogen (secondary N) is 1. The fourth-order valence-electron chi connectivity index (χ4n) is 1.86. The monoisotopic (exact) mass is 309 g/mol. The number of halogens is 1. The summed E-state index contributed by atoms with van der Waals surface area (Å²) in [6.45, 7) is 2.71.